The van der Waals surface area contributed by atoms with Crippen LogP contribution in [0.4, 0.5) is 0 Å². The molecule has 0 aliphatic carbocycles. The minimum atomic E-state index is 0.192. The number of hydrogen-bond donors (Lipinski definition) is 0. The molecule has 1 heteroatoms. The minimum Gasteiger partial charge on any atom is -0.285 e. The number of allylic oxidation sites excluding steroid dienone is 1. The van der Waals surface area contributed by atoms with Crippen LogP contribution in [0.1, 0.15) is 37.8 Å². The van der Waals surface area contributed by atoms with E-state index in [0.717, 1.165) is 0 Å². The third-order valence-corrected chi connectivity index (χ3v) is 3.98. The molecule has 20 heavy (non-hydrogen) atoms. The molecule has 0 spiro atoms. The maximum Gasteiger partial charge on any atom is 0.0927 e. The van der Waals surface area contributed by atoms with Crippen molar-refractivity contribution in [2.45, 2.75) is 32.2 Å². The second-order valence-corrected chi connectivity index (χ2v) is 5.54. The van der Waals surface area contributed by atoms with Gasteiger partial charge < -0.3 is 0 Å². The molecule has 2 aromatic rings. The topological polar surface area (TPSA) is 12.4 Å². The van der Waals surface area contributed by atoms with Gasteiger partial charge in [-0.05, 0) is 28.8 Å². The second-order valence-electron chi connectivity index (χ2n) is 5.54. The molecule has 0 aromatic heterocycles. The van der Waals surface area contributed by atoms with Crippen LogP contribution in [0.15, 0.2) is 59.6 Å². The molecule has 2 aromatic carbocycles. The molecule has 102 valence electrons. The second kappa shape index (κ2) is 6.04. The van der Waals surface area contributed by atoms with E-state index in [0.29, 0.717) is 5.92 Å². The van der Waals surface area contributed by atoms with Crippen LogP contribution in [0.2, 0.25) is 0 Å². The summed E-state index contributed by atoms with van der Waals surface area (Å²) in [5.74, 6) is 0.534. The van der Waals surface area contributed by atoms with Crippen LogP contribution in [0.3, 0.4) is 0 Å². The van der Waals surface area contributed by atoms with Gasteiger partial charge in [-0.3, -0.25) is 4.99 Å². The molecule has 0 amide bonds. The summed E-state index contributed by atoms with van der Waals surface area (Å²) in [5, 5.41) is 2.59. The predicted molar refractivity (Wildman–Crippen MR) is 87.3 cm³/mol. The molecule has 1 heterocycles. The summed E-state index contributed by atoms with van der Waals surface area (Å²) in [5.41, 5.74) is 1.28. The van der Waals surface area contributed by atoms with Gasteiger partial charge in [-0.25, -0.2) is 0 Å². The Labute approximate surface area is 121 Å². The van der Waals surface area contributed by atoms with Crippen LogP contribution in [0, 0.1) is 5.92 Å². The van der Waals surface area contributed by atoms with Gasteiger partial charge in [0.25, 0.3) is 0 Å². The van der Waals surface area contributed by atoms with Crippen LogP contribution >= 0.6 is 0 Å². The van der Waals surface area contributed by atoms with Crippen molar-refractivity contribution in [1.29, 1.82) is 0 Å². The number of dihydropyridines is 1. The van der Waals surface area contributed by atoms with E-state index in [4.69, 9.17) is 4.99 Å². The molecule has 3 rings (SSSR count). The van der Waals surface area contributed by atoms with Crippen molar-refractivity contribution in [3.63, 3.8) is 0 Å². The Morgan fingerprint density at radius 1 is 1.00 bits per heavy atom. The molecule has 0 saturated carbocycles. The molecule has 1 aliphatic heterocycles. The van der Waals surface area contributed by atoms with Crippen molar-refractivity contribution < 1.29 is 0 Å². The molecule has 0 saturated heterocycles. The number of fused-ring (bicyclic) bond motifs is 1. The Morgan fingerprint density at radius 2 is 1.85 bits per heavy atom. The number of nitrogens with zero attached hydrogens (tertiary/aromatic N) is 1. The lowest BCUT2D eigenvalue weighted by atomic mass is 9.96. The molecule has 0 fully saturated rings. The molecule has 1 nitrogen and oxygen atoms in total. The highest BCUT2D eigenvalue weighted by atomic mass is 14.8. The fraction of sp³-hybridized carbons (Fsp3) is 0.316. The minimum absolute atomic E-state index is 0.192. The predicted octanol–water partition coefficient (Wildman–Crippen LogP) is 5.33. The van der Waals surface area contributed by atoms with Gasteiger partial charge in [0.15, 0.2) is 0 Å². The largest absolute Gasteiger partial charge is 0.285 e. The first-order chi connectivity index (χ1) is 9.86. The lowest BCUT2D eigenvalue weighted by Crippen LogP contribution is -2.06. The van der Waals surface area contributed by atoms with Gasteiger partial charge in [-0.1, -0.05) is 68.3 Å². The molecule has 0 bridgehead atoms. The Kier molecular flexibility index (Phi) is 3.96. The van der Waals surface area contributed by atoms with E-state index in [9.17, 15) is 0 Å². The molecule has 2 unspecified atom stereocenters. The fourth-order valence-corrected chi connectivity index (χ4v) is 2.75. The van der Waals surface area contributed by atoms with Crippen LogP contribution < -0.4 is 0 Å². The number of benzene rings is 2. The molecule has 2 atom stereocenters. The van der Waals surface area contributed by atoms with Gasteiger partial charge in [0.2, 0.25) is 0 Å². The number of unbranched alkanes of at least 4 members (excludes halogenated alkanes) is 1. The van der Waals surface area contributed by atoms with Crippen molar-refractivity contribution in [3.05, 3.63) is 60.2 Å². The average Bonchev–Trinajstić information content (AvgIpc) is 2.53. The Morgan fingerprint density at radius 3 is 2.60 bits per heavy atom. The maximum atomic E-state index is 4.73. The zero-order valence-electron chi connectivity index (χ0n) is 12.0. The van der Waals surface area contributed by atoms with E-state index in [1.807, 2.05) is 0 Å². The van der Waals surface area contributed by atoms with Gasteiger partial charge in [0, 0.05) is 12.1 Å². The van der Waals surface area contributed by atoms with Gasteiger partial charge in [-0.2, -0.15) is 0 Å². The average molecular weight is 263 g/mol. The highest BCUT2D eigenvalue weighted by molar-refractivity contribution is 5.83. The SMILES string of the molecule is CCCCC1C=CC(c2ccc3ccccc3c2)N=C1. The van der Waals surface area contributed by atoms with E-state index in [2.05, 4.69) is 67.8 Å². The van der Waals surface area contributed by atoms with Crippen molar-refractivity contribution in [1.82, 2.24) is 0 Å². The molecular weight excluding hydrogens is 242 g/mol. The van der Waals surface area contributed by atoms with Crippen LogP contribution in [0.25, 0.3) is 10.8 Å². The van der Waals surface area contributed by atoms with Crippen molar-refractivity contribution in [3.8, 4) is 0 Å². The number of aliphatic imine (C=N–C) groups is 1. The number of hydrogen-bond acceptors (Lipinski definition) is 1. The van der Waals surface area contributed by atoms with Gasteiger partial charge in [0.1, 0.15) is 0 Å². The van der Waals surface area contributed by atoms with Crippen molar-refractivity contribution >= 4 is 17.0 Å². The van der Waals surface area contributed by atoms with E-state index in [1.54, 1.807) is 0 Å². The summed E-state index contributed by atoms with van der Waals surface area (Å²) in [6.45, 7) is 2.24. The summed E-state index contributed by atoms with van der Waals surface area (Å²) >= 11 is 0. The Bertz CT molecular complexity index is 625. The Hall–Kier alpha value is -1.89. The lowest BCUT2D eigenvalue weighted by molar-refractivity contribution is 0.658. The summed E-state index contributed by atoms with van der Waals surface area (Å²) in [6.07, 6.45) is 10.5. The normalized spacial score (nSPS) is 21.4. The van der Waals surface area contributed by atoms with E-state index >= 15 is 0 Å². The molecular formula is C19H21N. The summed E-state index contributed by atoms with van der Waals surface area (Å²) < 4.78 is 0. The van der Waals surface area contributed by atoms with E-state index < -0.39 is 0 Å². The van der Waals surface area contributed by atoms with Gasteiger partial charge in [-0.15, -0.1) is 0 Å². The van der Waals surface area contributed by atoms with Gasteiger partial charge >= 0.3 is 0 Å². The highest BCUT2D eigenvalue weighted by Gasteiger charge is 2.12. The fourth-order valence-electron chi connectivity index (χ4n) is 2.75. The number of rotatable bonds is 4. The monoisotopic (exact) mass is 263 g/mol. The van der Waals surface area contributed by atoms with Gasteiger partial charge in [0.05, 0.1) is 6.04 Å². The molecule has 0 N–H and O–H groups in total. The molecule has 1 aliphatic rings. The van der Waals surface area contributed by atoms with Crippen LogP contribution in [0.5, 0.6) is 0 Å². The molecule has 0 radical (unpaired) electrons. The first-order valence-corrected chi connectivity index (χ1v) is 7.57. The van der Waals surface area contributed by atoms with E-state index in [1.165, 1.54) is 35.6 Å². The zero-order chi connectivity index (χ0) is 13.8. The van der Waals surface area contributed by atoms with Crippen LogP contribution in [-0.2, 0) is 0 Å². The Balaban J connectivity index is 1.78. The highest BCUT2D eigenvalue weighted by Crippen LogP contribution is 2.27. The summed E-state index contributed by atoms with van der Waals surface area (Å²) in [7, 11) is 0. The summed E-state index contributed by atoms with van der Waals surface area (Å²) in [4.78, 5) is 4.73. The quantitative estimate of drug-likeness (QED) is 0.661. The smallest absolute Gasteiger partial charge is 0.0927 e. The van der Waals surface area contributed by atoms with Crippen molar-refractivity contribution in [2.75, 3.05) is 0 Å². The van der Waals surface area contributed by atoms with Crippen molar-refractivity contribution in [2.24, 2.45) is 10.9 Å². The van der Waals surface area contributed by atoms with E-state index in [-0.39, 0.29) is 6.04 Å². The third kappa shape index (κ3) is 2.82. The third-order valence-electron chi connectivity index (χ3n) is 3.98. The summed E-state index contributed by atoms with van der Waals surface area (Å²) in [6, 6.07) is 15.3. The lowest BCUT2D eigenvalue weighted by Gasteiger charge is -2.17. The first kappa shape index (κ1) is 13.1. The first-order valence-electron chi connectivity index (χ1n) is 7.57. The zero-order valence-corrected chi connectivity index (χ0v) is 12.0. The maximum absolute atomic E-state index is 4.73. The van der Waals surface area contributed by atoms with Crippen LogP contribution in [-0.4, -0.2) is 6.21 Å². The standard InChI is InChI=1S/C19H21N/c1-2-3-6-15-9-12-19(20-14-15)18-11-10-16-7-4-5-8-17(16)13-18/h4-5,7-15,19H,2-3,6H2,1H3.